The Hall–Kier alpha value is -2.91. The summed E-state index contributed by atoms with van der Waals surface area (Å²) in [6.07, 6.45) is 3.18. The first-order valence-electron chi connectivity index (χ1n) is 9.53. The third-order valence-electron chi connectivity index (χ3n) is 5.30. The number of carbonyl (C=O) groups is 1. The minimum Gasteiger partial charge on any atom is -0.345 e. The van der Waals surface area contributed by atoms with Gasteiger partial charge < -0.3 is 11.1 Å². The monoisotopic (exact) mass is 356 g/mol. The fourth-order valence-electron chi connectivity index (χ4n) is 3.86. The van der Waals surface area contributed by atoms with E-state index in [4.69, 9.17) is 5.73 Å². The molecule has 3 nitrogen and oxygen atoms in total. The number of hydrogen-bond acceptors (Lipinski definition) is 2. The Morgan fingerprint density at radius 1 is 0.963 bits per heavy atom. The van der Waals surface area contributed by atoms with E-state index in [0.717, 1.165) is 36.0 Å². The largest absolute Gasteiger partial charge is 0.345 e. The van der Waals surface area contributed by atoms with Gasteiger partial charge in [-0.05, 0) is 65.3 Å². The molecule has 0 radical (unpaired) electrons. The zero-order chi connectivity index (χ0) is 18.6. The zero-order valence-electron chi connectivity index (χ0n) is 15.3. The van der Waals surface area contributed by atoms with Gasteiger partial charge >= 0.3 is 0 Å². The summed E-state index contributed by atoms with van der Waals surface area (Å²) in [5, 5.41) is 3.23. The first-order valence-corrected chi connectivity index (χ1v) is 9.53. The van der Waals surface area contributed by atoms with Crippen molar-refractivity contribution < 1.29 is 4.79 Å². The Labute approximate surface area is 160 Å². The molecule has 0 heterocycles. The van der Waals surface area contributed by atoms with Gasteiger partial charge in [-0.15, -0.1) is 0 Å². The lowest BCUT2D eigenvalue weighted by Crippen LogP contribution is -2.30. The van der Waals surface area contributed by atoms with E-state index in [1.54, 1.807) is 0 Å². The van der Waals surface area contributed by atoms with Gasteiger partial charge in [0.25, 0.3) is 5.91 Å². The van der Waals surface area contributed by atoms with Crippen molar-refractivity contribution in [2.24, 2.45) is 5.73 Å². The van der Waals surface area contributed by atoms with Crippen LogP contribution in [0, 0.1) is 0 Å². The summed E-state index contributed by atoms with van der Waals surface area (Å²) in [6, 6.07) is 24.5. The van der Waals surface area contributed by atoms with Gasteiger partial charge in [-0.25, -0.2) is 0 Å². The first kappa shape index (κ1) is 17.5. The predicted molar refractivity (Wildman–Crippen MR) is 109 cm³/mol. The molecule has 0 spiro atoms. The van der Waals surface area contributed by atoms with Gasteiger partial charge in [0, 0.05) is 12.1 Å². The van der Waals surface area contributed by atoms with E-state index in [0.29, 0.717) is 12.1 Å². The second-order valence-corrected chi connectivity index (χ2v) is 7.10. The summed E-state index contributed by atoms with van der Waals surface area (Å²) in [6.45, 7) is 0.509. The number of nitrogens with one attached hydrogen (secondary N) is 1. The van der Waals surface area contributed by atoms with Crippen LogP contribution in [0.15, 0.2) is 72.8 Å². The molecule has 0 aromatic heterocycles. The highest BCUT2D eigenvalue weighted by Gasteiger charge is 2.22. The van der Waals surface area contributed by atoms with Crippen molar-refractivity contribution in [2.75, 3.05) is 0 Å². The summed E-state index contributed by atoms with van der Waals surface area (Å²) < 4.78 is 0. The number of aryl methyl sites for hydroxylation is 1. The number of carbonyl (C=O) groups excluding carboxylic acids is 1. The van der Waals surface area contributed by atoms with Crippen LogP contribution in [0.25, 0.3) is 11.1 Å². The van der Waals surface area contributed by atoms with Crippen LogP contribution >= 0.6 is 0 Å². The Bertz CT molecular complexity index is 964. The molecule has 0 aliphatic heterocycles. The maximum absolute atomic E-state index is 12.9. The van der Waals surface area contributed by atoms with Crippen LogP contribution in [-0.2, 0) is 13.0 Å². The molecule has 1 atom stereocenters. The summed E-state index contributed by atoms with van der Waals surface area (Å²) >= 11 is 0. The zero-order valence-corrected chi connectivity index (χ0v) is 15.3. The molecule has 0 saturated heterocycles. The van der Waals surface area contributed by atoms with Crippen LogP contribution in [0.2, 0.25) is 0 Å². The molecule has 3 N–H and O–H groups in total. The molecule has 0 saturated carbocycles. The van der Waals surface area contributed by atoms with Gasteiger partial charge in [-0.3, -0.25) is 4.79 Å². The van der Waals surface area contributed by atoms with E-state index in [1.807, 2.05) is 48.5 Å². The lowest BCUT2D eigenvalue weighted by Gasteiger charge is -2.26. The Balaban J connectivity index is 1.57. The van der Waals surface area contributed by atoms with E-state index < -0.39 is 0 Å². The number of nitrogens with two attached hydrogens (primary N) is 1. The highest BCUT2D eigenvalue weighted by molar-refractivity contribution is 5.95. The molecule has 3 heteroatoms. The standard InChI is InChI=1S/C24H24N2O/c25-16-17-6-3-9-19(14-17)20-10-4-11-21(15-20)24(27)26-23-13-5-8-18-7-1-2-12-22(18)23/h1-4,6-7,9-12,14-15,23H,5,8,13,16,25H2,(H,26,27)/t23-/m0/s1. The molecule has 3 aromatic carbocycles. The van der Waals surface area contributed by atoms with Gasteiger partial charge in [-0.1, -0.05) is 54.6 Å². The Morgan fingerprint density at radius 2 is 1.74 bits per heavy atom. The van der Waals surface area contributed by atoms with Crippen LogP contribution in [0.4, 0.5) is 0 Å². The van der Waals surface area contributed by atoms with Crippen molar-refractivity contribution >= 4 is 5.91 Å². The highest BCUT2D eigenvalue weighted by atomic mass is 16.1. The normalized spacial score (nSPS) is 15.8. The molecule has 0 unspecified atom stereocenters. The summed E-state index contributed by atoms with van der Waals surface area (Å²) in [5.74, 6) is -0.0199. The van der Waals surface area contributed by atoms with Gasteiger partial charge in [0.2, 0.25) is 0 Å². The van der Waals surface area contributed by atoms with E-state index in [2.05, 4.69) is 29.6 Å². The average molecular weight is 356 g/mol. The van der Waals surface area contributed by atoms with Crippen LogP contribution in [-0.4, -0.2) is 5.91 Å². The van der Waals surface area contributed by atoms with Gasteiger partial charge in [0.05, 0.1) is 6.04 Å². The molecule has 4 rings (SSSR count). The van der Waals surface area contributed by atoms with Crippen LogP contribution in [0.1, 0.15) is 45.9 Å². The third-order valence-corrected chi connectivity index (χ3v) is 5.30. The van der Waals surface area contributed by atoms with Crippen molar-refractivity contribution in [1.29, 1.82) is 0 Å². The maximum Gasteiger partial charge on any atom is 0.251 e. The molecular weight excluding hydrogens is 332 g/mol. The van der Waals surface area contributed by atoms with E-state index in [1.165, 1.54) is 11.1 Å². The van der Waals surface area contributed by atoms with Crippen molar-refractivity contribution in [3.63, 3.8) is 0 Å². The molecule has 136 valence electrons. The second-order valence-electron chi connectivity index (χ2n) is 7.10. The molecule has 0 fully saturated rings. The third kappa shape index (κ3) is 3.79. The van der Waals surface area contributed by atoms with Gasteiger partial charge in [-0.2, -0.15) is 0 Å². The number of fused-ring (bicyclic) bond motifs is 1. The minimum absolute atomic E-state index is 0.0199. The first-order chi connectivity index (χ1) is 13.2. The van der Waals surface area contributed by atoms with Crippen molar-refractivity contribution in [3.8, 4) is 11.1 Å². The van der Waals surface area contributed by atoms with Crippen LogP contribution < -0.4 is 11.1 Å². The molecule has 0 bridgehead atoms. The number of rotatable bonds is 4. The number of amides is 1. The Kier molecular flexibility index (Phi) is 5.03. The SMILES string of the molecule is NCc1cccc(-c2cccc(C(=O)N[C@H]3CCCc4ccccc43)c2)c1. The lowest BCUT2D eigenvalue weighted by atomic mass is 9.87. The molecule has 3 aromatic rings. The van der Waals surface area contributed by atoms with Gasteiger partial charge in [0.15, 0.2) is 0 Å². The van der Waals surface area contributed by atoms with Crippen LogP contribution in [0.5, 0.6) is 0 Å². The van der Waals surface area contributed by atoms with Crippen molar-refractivity contribution in [3.05, 3.63) is 95.1 Å². The van der Waals surface area contributed by atoms with E-state index in [-0.39, 0.29) is 11.9 Å². The van der Waals surface area contributed by atoms with Gasteiger partial charge in [0.1, 0.15) is 0 Å². The number of benzene rings is 3. The summed E-state index contributed by atoms with van der Waals surface area (Å²) in [5.41, 5.74) is 12.2. The second kappa shape index (κ2) is 7.77. The van der Waals surface area contributed by atoms with E-state index >= 15 is 0 Å². The molecule has 1 amide bonds. The topological polar surface area (TPSA) is 55.1 Å². The maximum atomic E-state index is 12.9. The molecule has 1 aliphatic rings. The molecule has 1 aliphatic carbocycles. The molecule has 27 heavy (non-hydrogen) atoms. The summed E-state index contributed by atoms with van der Waals surface area (Å²) in [4.78, 5) is 12.9. The minimum atomic E-state index is -0.0199. The quantitative estimate of drug-likeness (QED) is 0.717. The lowest BCUT2D eigenvalue weighted by molar-refractivity contribution is 0.0933. The highest BCUT2D eigenvalue weighted by Crippen LogP contribution is 2.30. The molecular formula is C24H24N2O. The average Bonchev–Trinajstić information content (AvgIpc) is 2.74. The van der Waals surface area contributed by atoms with Crippen LogP contribution in [0.3, 0.4) is 0 Å². The smallest absolute Gasteiger partial charge is 0.251 e. The predicted octanol–water partition coefficient (Wildman–Crippen LogP) is 4.62. The number of hydrogen-bond donors (Lipinski definition) is 2. The Morgan fingerprint density at radius 3 is 2.59 bits per heavy atom. The van der Waals surface area contributed by atoms with E-state index in [9.17, 15) is 4.79 Å². The van der Waals surface area contributed by atoms with Crippen molar-refractivity contribution in [1.82, 2.24) is 5.32 Å². The fourth-order valence-corrected chi connectivity index (χ4v) is 3.86. The fraction of sp³-hybridized carbons (Fsp3) is 0.208. The summed E-state index contributed by atoms with van der Waals surface area (Å²) in [7, 11) is 0. The van der Waals surface area contributed by atoms with Crippen molar-refractivity contribution in [2.45, 2.75) is 31.8 Å².